The van der Waals surface area contributed by atoms with Crippen LogP contribution in [0.5, 0.6) is 0 Å². The first-order valence-electron chi connectivity index (χ1n) is 41.6. The fourth-order valence-corrected chi connectivity index (χ4v) is 14.3. The molecule has 0 aliphatic carbocycles. The molecule has 0 aromatic heterocycles. The van der Waals surface area contributed by atoms with E-state index in [9.17, 15) is 61.0 Å². The third-order valence-electron chi connectivity index (χ3n) is 21.0. The van der Waals surface area contributed by atoms with Crippen molar-refractivity contribution in [3.8, 4) is 0 Å². The lowest BCUT2D eigenvalue weighted by molar-refractivity contribution is -0.379. The van der Waals surface area contributed by atoms with Crippen LogP contribution in [0.3, 0.4) is 0 Å². The van der Waals surface area contributed by atoms with Crippen LogP contribution in [-0.2, 0) is 33.2 Å². The van der Waals surface area contributed by atoms with Crippen molar-refractivity contribution in [1.82, 2.24) is 5.32 Å². The zero-order valence-electron chi connectivity index (χ0n) is 63.2. The fourth-order valence-electron chi connectivity index (χ4n) is 14.3. The molecule has 100 heavy (non-hydrogen) atoms. The summed E-state index contributed by atoms with van der Waals surface area (Å²) in [6, 6.07) is -0.885. The third-order valence-corrected chi connectivity index (χ3v) is 21.0. The SMILES string of the molecule is CCCCCCC/C=C\C/C=C\CCCCCCCCCCCCCCCCCCCCCCCCCC(=O)NC(COC1OC(CO)C(OC2OC(CO)C(OC3OC(CO)C(O)C(O)C3O)C(O)C2O)C(O)C1O)C(O)CCCCCCCCCCCCCCCCCCCCCC. The maximum atomic E-state index is 13.5. The van der Waals surface area contributed by atoms with Crippen molar-refractivity contribution in [2.75, 3.05) is 26.4 Å². The van der Waals surface area contributed by atoms with Gasteiger partial charge in [-0.05, 0) is 44.9 Å². The minimum atomic E-state index is -1.97. The summed E-state index contributed by atoms with van der Waals surface area (Å²) in [7, 11) is 0. The average molecular weight is 1430 g/mol. The second-order valence-corrected chi connectivity index (χ2v) is 29.9. The highest BCUT2D eigenvalue weighted by molar-refractivity contribution is 5.76. The van der Waals surface area contributed by atoms with E-state index in [1.165, 1.54) is 270 Å². The number of amides is 1. The van der Waals surface area contributed by atoms with E-state index in [1.54, 1.807) is 0 Å². The largest absolute Gasteiger partial charge is 0.394 e. The Balaban J connectivity index is 1.32. The van der Waals surface area contributed by atoms with Gasteiger partial charge in [0.05, 0.1) is 38.6 Å². The molecule has 1 amide bonds. The molecule has 3 aliphatic heterocycles. The number of unbranched alkanes of at least 4 members (excludes halogenated alkanes) is 47. The van der Waals surface area contributed by atoms with E-state index < -0.39 is 124 Å². The molecule has 17 unspecified atom stereocenters. The number of allylic oxidation sites excluding steroid dienone is 4. The second kappa shape index (κ2) is 62.3. The van der Waals surface area contributed by atoms with E-state index in [0.717, 1.165) is 51.4 Å². The molecule has 0 radical (unpaired) electrons. The molecule has 0 aromatic rings. The first-order valence-corrected chi connectivity index (χ1v) is 41.6. The molecule has 3 rings (SSSR count). The van der Waals surface area contributed by atoms with Crippen LogP contribution in [0.15, 0.2) is 24.3 Å². The van der Waals surface area contributed by atoms with Crippen molar-refractivity contribution in [1.29, 1.82) is 0 Å². The van der Waals surface area contributed by atoms with Gasteiger partial charge in [-0.15, -0.1) is 0 Å². The van der Waals surface area contributed by atoms with Crippen LogP contribution in [0.25, 0.3) is 0 Å². The molecule has 0 aromatic carbocycles. The Kier molecular flexibility index (Phi) is 57.6. The maximum Gasteiger partial charge on any atom is 0.220 e. The summed E-state index contributed by atoms with van der Waals surface area (Å²) >= 11 is 0. The molecular weight excluding hydrogens is 1270 g/mol. The Labute approximate surface area is 607 Å². The van der Waals surface area contributed by atoms with Gasteiger partial charge in [0.15, 0.2) is 18.9 Å². The van der Waals surface area contributed by atoms with Gasteiger partial charge >= 0.3 is 0 Å². The molecule has 19 heteroatoms. The van der Waals surface area contributed by atoms with Crippen LogP contribution in [0, 0.1) is 0 Å². The standard InChI is InChI=1S/C81H153NO18/c1-3-5-7-9-11-13-15-17-19-21-23-25-26-27-28-29-30-31-32-33-34-35-36-37-38-39-41-43-45-47-49-51-53-55-57-59-69(87)82-64(65(86)58-56-54-52-50-48-46-44-42-40-24-22-20-18-16-14-12-10-8-6-4-2)63-95-79-75(93)72(90)77(67(61-84)97-79)100-81-76(94)73(91)78(68(62-85)98-81)99-80-74(92)71(89)70(88)66(60-83)96-80/h15,17,21,23,64-68,70-81,83-86,88-94H,3-14,16,18-20,22,24-63H2,1-2H3,(H,82,87)/b17-15-,23-21-. The minimum Gasteiger partial charge on any atom is -0.394 e. The minimum absolute atomic E-state index is 0.235. The first kappa shape index (κ1) is 92.5. The van der Waals surface area contributed by atoms with Gasteiger partial charge in [-0.2, -0.15) is 0 Å². The van der Waals surface area contributed by atoms with Gasteiger partial charge < -0.3 is 89.9 Å². The summed E-state index contributed by atoms with van der Waals surface area (Å²) in [6.45, 7) is 1.85. The number of rotatable bonds is 67. The van der Waals surface area contributed by atoms with Crippen molar-refractivity contribution in [2.45, 2.75) is 458 Å². The summed E-state index contributed by atoms with van der Waals surface area (Å²) in [5, 5.41) is 121. The topological polar surface area (TPSA) is 307 Å². The number of ether oxygens (including phenoxy) is 6. The summed E-state index contributed by atoms with van der Waals surface area (Å²) in [4.78, 5) is 13.5. The quantitative estimate of drug-likeness (QED) is 0.0199. The summed E-state index contributed by atoms with van der Waals surface area (Å²) in [5.41, 5.74) is 0. The van der Waals surface area contributed by atoms with Crippen molar-refractivity contribution in [3.05, 3.63) is 24.3 Å². The molecule has 0 saturated carbocycles. The summed E-state index contributed by atoms with van der Waals surface area (Å²) < 4.78 is 34.5. The van der Waals surface area contributed by atoms with Crippen LogP contribution < -0.4 is 5.32 Å². The van der Waals surface area contributed by atoms with Crippen molar-refractivity contribution in [3.63, 3.8) is 0 Å². The van der Waals surface area contributed by atoms with E-state index in [0.29, 0.717) is 12.8 Å². The molecule has 3 fully saturated rings. The Morgan fingerprint density at radius 3 is 1.02 bits per heavy atom. The van der Waals surface area contributed by atoms with Gasteiger partial charge in [0, 0.05) is 6.42 Å². The molecule has 3 heterocycles. The van der Waals surface area contributed by atoms with Crippen molar-refractivity contribution < 1.29 is 89.4 Å². The number of aliphatic hydroxyl groups is 11. The van der Waals surface area contributed by atoms with Gasteiger partial charge in [0.25, 0.3) is 0 Å². The average Bonchev–Trinajstić information content (AvgIpc) is 0.783. The summed E-state index contributed by atoms with van der Waals surface area (Å²) in [5.74, 6) is -0.235. The molecule has 17 atom stereocenters. The van der Waals surface area contributed by atoms with E-state index in [4.69, 9.17) is 28.4 Å². The molecule has 0 bridgehead atoms. The number of aliphatic hydroxyl groups excluding tert-OH is 11. The molecule has 12 N–H and O–H groups in total. The van der Waals surface area contributed by atoms with E-state index >= 15 is 0 Å². The Morgan fingerprint density at radius 1 is 0.360 bits per heavy atom. The lowest BCUT2D eigenvalue weighted by Gasteiger charge is -2.48. The van der Waals surface area contributed by atoms with Crippen LogP contribution in [0.2, 0.25) is 0 Å². The van der Waals surface area contributed by atoms with Crippen molar-refractivity contribution >= 4 is 5.91 Å². The predicted octanol–water partition coefficient (Wildman–Crippen LogP) is 14.1. The number of hydrogen-bond donors (Lipinski definition) is 12. The Bertz CT molecular complexity index is 1900. The highest BCUT2D eigenvalue weighted by Gasteiger charge is 2.54. The third kappa shape index (κ3) is 42.0. The molecular formula is C81H153NO18. The second-order valence-electron chi connectivity index (χ2n) is 29.9. The van der Waals surface area contributed by atoms with E-state index in [2.05, 4.69) is 43.5 Å². The van der Waals surface area contributed by atoms with Crippen LogP contribution >= 0.6 is 0 Å². The van der Waals surface area contributed by atoms with Gasteiger partial charge in [-0.1, -0.05) is 327 Å². The predicted molar refractivity (Wildman–Crippen MR) is 397 cm³/mol. The molecule has 3 aliphatic rings. The lowest BCUT2D eigenvalue weighted by atomic mass is 9.96. The number of carbonyl (C=O) groups is 1. The first-order chi connectivity index (χ1) is 48.8. The highest BCUT2D eigenvalue weighted by Crippen LogP contribution is 2.33. The Hall–Kier alpha value is -1.73. The molecule has 3 saturated heterocycles. The van der Waals surface area contributed by atoms with Gasteiger partial charge in [0.1, 0.15) is 73.2 Å². The van der Waals surface area contributed by atoms with Gasteiger partial charge in [-0.25, -0.2) is 0 Å². The zero-order chi connectivity index (χ0) is 72.5. The zero-order valence-corrected chi connectivity index (χ0v) is 63.2. The van der Waals surface area contributed by atoms with Crippen LogP contribution in [0.1, 0.15) is 354 Å². The lowest BCUT2D eigenvalue weighted by Crippen LogP contribution is -2.66. The monoisotopic (exact) mass is 1430 g/mol. The van der Waals surface area contributed by atoms with Gasteiger partial charge in [-0.3, -0.25) is 4.79 Å². The van der Waals surface area contributed by atoms with E-state index in [-0.39, 0.29) is 18.9 Å². The molecule has 19 nitrogen and oxygen atoms in total. The summed E-state index contributed by atoms with van der Waals surface area (Å²) in [6.07, 6.45) is 48.5. The van der Waals surface area contributed by atoms with Crippen LogP contribution in [-0.4, -0.2) is 193 Å². The molecule has 0 spiro atoms. The smallest absolute Gasteiger partial charge is 0.220 e. The number of carbonyl (C=O) groups excluding carboxylic acids is 1. The Morgan fingerprint density at radius 2 is 0.660 bits per heavy atom. The maximum absolute atomic E-state index is 13.5. The van der Waals surface area contributed by atoms with Crippen LogP contribution in [0.4, 0.5) is 0 Å². The van der Waals surface area contributed by atoms with Gasteiger partial charge in [0.2, 0.25) is 5.91 Å². The number of hydrogen-bond acceptors (Lipinski definition) is 18. The number of nitrogens with one attached hydrogen (secondary N) is 1. The fraction of sp³-hybridized carbons (Fsp3) is 0.938. The van der Waals surface area contributed by atoms with E-state index in [1.807, 2.05) is 0 Å². The molecule has 590 valence electrons. The normalized spacial score (nSPS) is 26.5. The van der Waals surface area contributed by atoms with Crippen molar-refractivity contribution in [2.24, 2.45) is 0 Å². The highest BCUT2D eigenvalue weighted by atomic mass is 16.8.